The predicted molar refractivity (Wildman–Crippen MR) is 81.1 cm³/mol. The molecule has 0 aliphatic rings. The summed E-state index contributed by atoms with van der Waals surface area (Å²) < 4.78 is 0. The number of rotatable bonds is 12. The van der Waals surface area contributed by atoms with Gasteiger partial charge in [-0.25, -0.2) is 0 Å². The summed E-state index contributed by atoms with van der Waals surface area (Å²) in [5.74, 6) is -1.22. The van der Waals surface area contributed by atoms with Crippen molar-refractivity contribution in [1.29, 1.82) is 0 Å². The first-order valence-electron chi connectivity index (χ1n) is 7.34. The smallest absolute Gasteiger partial charge is 0.862 e. The Kier molecular flexibility index (Phi) is 15.4. The molecule has 0 aromatic rings. The third-order valence-corrected chi connectivity index (χ3v) is 3.13. The van der Waals surface area contributed by atoms with E-state index in [0.29, 0.717) is 6.42 Å². The summed E-state index contributed by atoms with van der Waals surface area (Å²) in [6.45, 7) is 6.90. The van der Waals surface area contributed by atoms with Gasteiger partial charge in [-0.1, -0.05) is 12.5 Å². The molecule has 0 saturated heterocycles. The van der Waals surface area contributed by atoms with E-state index in [9.17, 15) is 15.0 Å². The van der Waals surface area contributed by atoms with Crippen LogP contribution in [0.4, 0.5) is 0 Å². The molecule has 2 atom stereocenters. The summed E-state index contributed by atoms with van der Waals surface area (Å²) in [5.41, 5.74) is 0. The van der Waals surface area contributed by atoms with Crippen LogP contribution in [-0.2, 0) is 4.79 Å². The van der Waals surface area contributed by atoms with E-state index in [4.69, 9.17) is 5.11 Å². The summed E-state index contributed by atoms with van der Waals surface area (Å²) in [6, 6.07) is -0.788. The fourth-order valence-electron chi connectivity index (χ4n) is 1.82. The number of nitrogens with zero attached hydrogens (tertiary/aromatic N) is 2. The minimum absolute atomic E-state index is 0. The fraction of sp³-hybridized carbons (Fsp3) is 0.733. The fourth-order valence-corrected chi connectivity index (χ4v) is 1.82. The molecule has 0 saturated carbocycles. The molecule has 0 fully saturated rings. The maximum atomic E-state index is 11.6. The Bertz CT molecular complexity index is 348. The average Bonchev–Trinajstić information content (AvgIpc) is 2.41. The Labute approximate surface area is 155 Å². The molecule has 2 N–H and O–H groups in total. The van der Waals surface area contributed by atoms with Gasteiger partial charge >= 0.3 is 35.5 Å². The van der Waals surface area contributed by atoms with Crippen LogP contribution in [0.25, 0.3) is 0 Å². The van der Waals surface area contributed by atoms with Crippen molar-refractivity contribution in [3.63, 3.8) is 0 Å². The number of aliphatic imine (C=N–C) groups is 1. The van der Waals surface area contributed by atoms with Gasteiger partial charge in [0, 0.05) is 6.54 Å². The molecule has 6 nitrogen and oxygen atoms in total. The number of aliphatic hydroxyl groups excluding tert-OH is 1. The molecule has 0 amide bonds. The van der Waals surface area contributed by atoms with Crippen LogP contribution >= 0.6 is 0 Å². The van der Waals surface area contributed by atoms with Gasteiger partial charge < -0.3 is 15.3 Å². The van der Waals surface area contributed by atoms with Crippen LogP contribution in [0.1, 0.15) is 46.0 Å². The second-order valence-electron chi connectivity index (χ2n) is 5.22. The van der Waals surface area contributed by atoms with Crippen molar-refractivity contribution in [3.8, 4) is 0 Å². The van der Waals surface area contributed by atoms with Gasteiger partial charge in [-0.15, -0.1) is 6.58 Å². The van der Waals surface area contributed by atoms with E-state index in [-0.39, 0.29) is 48.7 Å². The van der Waals surface area contributed by atoms with Crippen LogP contribution in [-0.4, -0.2) is 52.3 Å². The number of carboxylic acids is 1. The van der Waals surface area contributed by atoms with Crippen molar-refractivity contribution in [2.75, 3.05) is 13.2 Å². The number of unbranched alkanes of at least 4 members (excludes halogenated alkanes) is 3. The molecule has 0 aliphatic carbocycles. The molecule has 2 unspecified atom stereocenters. The molecule has 122 valence electrons. The van der Waals surface area contributed by atoms with Crippen LogP contribution < -0.4 is 34.7 Å². The Morgan fingerprint density at radius 3 is 2.50 bits per heavy atom. The Morgan fingerprint density at radius 2 is 2.00 bits per heavy atom. The largest absolute Gasteiger partial charge is 1.00 e. The maximum absolute atomic E-state index is 11.6. The van der Waals surface area contributed by atoms with Gasteiger partial charge in [0.05, 0.1) is 12.8 Å². The number of aliphatic hydroxyl groups is 1. The summed E-state index contributed by atoms with van der Waals surface area (Å²) in [6.07, 6.45) is 5.26. The van der Waals surface area contributed by atoms with Crippen molar-refractivity contribution in [2.45, 2.75) is 58.1 Å². The van der Waals surface area contributed by atoms with Crippen molar-refractivity contribution in [1.82, 2.24) is 4.90 Å². The zero-order chi connectivity index (χ0) is 16.3. The predicted octanol–water partition coefficient (Wildman–Crippen LogP) is -2.00. The van der Waals surface area contributed by atoms with Crippen LogP contribution in [0.3, 0.4) is 0 Å². The number of hydrogen-bond acceptors (Lipinski definition) is 5. The molecule has 0 heterocycles. The van der Waals surface area contributed by atoms with E-state index in [1.54, 1.807) is 6.92 Å². The van der Waals surface area contributed by atoms with E-state index < -0.39 is 18.1 Å². The third kappa shape index (κ3) is 12.2. The molecular weight excluding hydrogens is 295 g/mol. The zero-order valence-electron chi connectivity index (χ0n) is 14.0. The molecular formula is C15H27N2NaO4. The van der Waals surface area contributed by atoms with Crippen LogP contribution in [0, 0.1) is 0 Å². The topological polar surface area (TPSA) is 96.2 Å². The van der Waals surface area contributed by atoms with Gasteiger partial charge in [0.1, 0.15) is 6.04 Å². The van der Waals surface area contributed by atoms with Gasteiger partial charge in [0.25, 0.3) is 0 Å². The van der Waals surface area contributed by atoms with Crippen LogP contribution in [0.15, 0.2) is 17.6 Å². The minimum atomic E-state index is -0.997. The second kappa shape index (κ2) is 14.2. The van der Waals surface area contributed by atoms with Crippen molar-refractivity contribution < 1.29 is 49.7 Å². The number of allylic oxidation sites excluding steroid dienone is 1. The molecule has 7 heteroatoms. The van der Waals surface area contributed by atoms with E-state index >= 15 is 0 Å². The second-order valence-corrected chi connectivity index (χ2v) is 5.22. The summed E-state index contributed by atoms with van der Waals surface area (Å²) >= 11 is 0. The SMILES string of the molecule is C=CCCCCCC([O-])=NCN(CC(C)O)C(C)C(=O)O.[Na+]. The summed E-state index contributed by atoms with van der Waals surface area (Å²) in [7, 11) is 0. The van der Waals surface area contributed by atoms with Gasteiger partial charge in [0.2, 0.25) is 0 Å². The standard InChI is InChI=1S/C15H28N2O4.Na/c1-4-5-6-7-8-9-14(19)16-11-17(10-12(2)18)13(3)15(20)21;/h4,12-13,18H,1,5-11H2,2-3H3,(H,16,19)(H,20,21);/q;+1/p-1. The number of aliphatic carboxylic acids is 1. The van der Waals surface area contributed by atoms with Crippen molar-refractivity contribution in [3.05, 3.63) is 12.7 Å². The first-order chi connectivity index (χ1) is 9.88. The molecule has 0 aromatic carbocycles. The van der Waals surface area contributed by atoms with E-state index in [0.717, 1.165) is 25.7 Å². The van der Waals surface area contributed by atoms with Crippen molar-refractivity contribution >= 4 is 11.9 Å². The van der Waals surface area contributed by atoms with Gasteiger partial charge in [0.15, 0.2) is 0 Å². The van der Waals surface area contributed by atoms with Gasteiger partial charge in [-0.05, 0) is 45.4 Å². The summed E-state index contributed by atoms with van der Waals surface area (Å²) in [5, 5.41) is 30.0. The van der Waals surface area contributed by atoms with E-state index in [1.165, 1.54) is 11.8 Å². The molecule has 22 heavy (non-hydrogen) atoms. The third-order valence-electron chi connectivity index (χ3n) is 3.13. The number of hydrogen-bond donors (Lipinski definition) is 2. The zero-order valence-corrected chi connectivity index (χ0v) is 16.0. The van der Waals surface area contributed by atoms with Crippen LogP contribution in [0.2, 0.25) is 0 Å². The van der Waals surface area contributed by atoms with Crippen molar-refractivity contribution in [2.24, 2.45) is 4.99 Å². The molecule has 0 aromatic heterocycles. The minimum Gasteiger partial charge on any atom is -0.862 e. The molecule has 0 rings (SSSR count). The Hall–Kier alpha value is -0.400. The van der Waals surface area contributed by atoms with Gasteiger partial charge in [-0.2, -0.15) is 0 Å². The van der Waals surface area contributed by atoms with Crippen LogP contribution in [0.5, 0.6) is 0 Å². The molecule has 0 spiro atoms. The molecule has 0 aliphatic heterocycles. The normalized spacial score (nSPS) is 14.3. The van der Waals surface area contributed by atoms with E-state index in [1.807, 2.05) is 6.08 Å². The number of carboxylic acid groups (broad SMARTS) is 1. The average molecular weight is 322 g/mol. The monoisotopic (exact) mass is 322 g/mol. The number of carbonyl (C=O) groups is 1. The molecule has 0 radical (unpaired) electrons. The Morgan fingerprint density at radius 1 is 1.36 bits per heavy atom. The summed E-state index contributed by atoms with van der Waals surface area (Å²) in [4.78, 5) is 16.3. The maximum Gasteiger partial charge on any atom is 1.00 e. The Balaban J connectivity index is 0. The first-order valence-corrected chi connectivity index (χ1v) is 7.34. The molecule has 0 bridgehead atoms. The first kappa shape index (κ1) is 23.9. The van der Waals surface area contributed by atoms with E-state index in [2.05, 4.69) is 11.6 Å². The van der Waals surface area contributed by atoms with Gasteiger partial charge in [-0.3, -0.25) is 14.7 Å². The quantitative estimate of drug-likeness (QED) is 0.142.